The fraction of sp³-hybridized carbons (Fsp3) is 0.552. The SMILES string of the molecule is COc1ccc(C23CCC(NC(=O)Nc4cc(Cl)ccc4C)CC2N(C2CCOCC2)CC3)cc1OC. The minimum Gasteiger partial charge on any atom is -0.493 e. The fourth-order valence-corrected chi connectivity index (χ4v) is 6.90. The zero-order valence-electron chi connectivity index (χ0n) is 22.0. The van der Waals surface area contributed by atoms with Crippen LogP contribution in [0.15, 0.2) is 36.4 Å². The van der Waals surface area contributed by atoms with E-state index in [-0.39, 0.29) is 17.5 Å². The lowest BCUT2D eigenvalue weighted by Crippen LogP contribution is -2.55. The minimum absolute atomic E-state index is 0.0239. The number of methoxy groups -OCH3 is 2. The number of anilines is 1. The van der Waals surface area contributed by atoms with E-state index in [0.717, 1.165) is 81.0 Å². The van der Waals surface area contributed by atoms with Crippen molar-refractivity contribution >= 4 is 23.3 Å². The number of amides is 2. The van der Waals surface area contributed by atoms with E-state index in [0.29, 0.717) is 17.1 Å². The molecule has 2 aromatic rings. The van der Waals surface area contributed by atoms with Gasteiger partial charge in [-0.05, 0) is 87.4 Å². The molecule has 0 aromatic heterocycles. The molecule has 2 aliphatic heterocycles. The molecular weight excluding hydrogens is 490 g/mol. The van der Waals surface area contributed by atoms with Crippen molar-refractivity contribution in [2.24, 2.45) is 0 Å². The summed E-state index contributed by atoms with van der Waals surface area (Å²) in [6, 6.07) is 12.7. The number of rotatable bonds is 6. The lowest BCUT2D eigenvalue weighted by molar-refractivity contribution is 0.0143. The van der Waals surface area contributed by atoms with E-state index in [2.05, 4.69) is 27.7 Å². The standard InChI is InChI=1S/C29H38ClN3O4/c1-19-4-6-21(30)17-24(19)32-28(34)31-22-8-11-29(20-5-7-25(35-2)26(16-20)36-3)12-13-33(27(29)18-22)23-9-14-37-15-10-23/h4-7,16-17,22-23,27H,8-15,18H2,1-3H3,(H2,31,32,34). The van der Waals surface area contributed by atoms with Gasteiger partial charge in [-0.2, -0.15) is 0 Å². The number of hydrogen-bond donors (Lipinski definition) is 2. The molecular formula is C29H38ClN3O4. The van der Waals surface area contributed by atoms with Gasteiger partial charge < -0.3 is 24.8 Å². The normalized spacial score (nSPS) is 26.4. The highest BCUT2D eigenvalue weighted by molar-refractivity contribution is 6.31. The largest absolute Gasteiger partial charge is 0.493 e. The van der Waals surface area contributed by atoms with Crippen molar-refractivity contribution in [3.8, 4) is 11.5 Å². The summed E-state index contributed by atoms with van der Waals surface area (Å²) in [5.74, 6) is 1.52. The molecule has 2 amide bonds. The van der Waals surface area contributed by atoms with Gasteiger partial charge in [0, 0.05) is 47.5 Å². The second-order valence-corrected chi connectivity index (χ2v) is 11.0. The Morgan fingerprint density at radius 1 is 1.05 bits per heavy atom. The van der Waals surface area contributed by atoms with E-state index in [9.17, 15) is 4.79 Å². The molecule has 0 radical (unpaired) electrons. The first-order valence-corrected chi connectivity index (χ1v) is 13.7. The summed E-state index contributed by atoms with van der Waals surface area (Å²) < 4.78 is 16.9. The van der Waals surface area contributed by atoms with Crippen LogP contribution in [0.2, 0.25) is 5.02 Å². The number of ether oxygens (including phenoxy) is 3. The summed E-state index contributed by atoms with van der Waals surface area (Å²) in [4.78, 5) is 15.7. The van der Waals surface area contributed by atoms with Crippen LogP contribution in [0.1, 0.15) is 49.7 Å². The molecule has 3 fully saturated rings. The number of nitrogens with zero attached hydrogens (tertiary/aromatic N) is 1. The van der Waals surface area contributed by atoms with E-state index in [1.165, 1.54) is 5.56 Å². The molecule has 0 bridgehead atoms. The highest BCUT2D eigenvalue weighted by Crippen LogP contribution is 2.51. The van der Waals surface area contributed by atoms with Crippen molar-refractivity contribution in [1.29, 1.82) is 0 Å². The third-order valence-electron chi connectivity index (χ3n) is 8.70. The van der Waals surface area contributed by atoms with Crippen LogP contribution in [0.3, 0.4) is 0 Å². The maximum absolute atomic E-state index is 13.0. The van der Waals surface area contributed by atoms with Gasteiger partial charge in [-0.3, -0.25) is 4.90 Å². The van der Waals surface area contributed by atoms with Crippen molar-refractivity contribution in [1.82, 2.24) is 10.2 Å². The molecule has 7 nitrogen and oxygen atoms in total. The minimum atomic E-state index is -0.176. The second kappa shape index (κ2) is 11.1. The first-order chi connectivity index (χ1) is 17.9. The molecule has 2 N–H and O–H groups in total. The third-order valence-corrected chi connectivity index (χ3v) is 8.94. The number of hydrogen-bond acceptors (Lipinski definition) is 5. The van der Waals surface area contributed by atoms with E-state index in [4.69, 9.17) is 25.8 Å². The average molecular weight is 528 g/mol. The van der Waals surface area contributed by atoms with Crippen LogP contribution < -0.4 is 20.1 Å². The van der Waals surface area contributed by atoms with Crippen LogP contribution in [0.25, 0.3) is 0 Å². The number of aryl methyl sites for hydroxylation is 1. The number of urea groups is 1. The zero-order valence-corrected chi connectivity index (χ0v) is 22.8. The topological polar surface area (TPSA) is 72.1 Å². The molecule has 8 heteroatoms. The molecule has 1 aliphatic carbocycles. The van der Waals surface area contributed by atoms with E-state index >= 15 is 0 Å². The number of carbonyl (C=O) groups is 1. The number of carbonyl (C=O) groups excluding carboxylic acids is 1. The Morgan fingerprint density at radius 2 is 1.84 bits per heavy atom. The van der Waals surface area contributed by atoms with Crippen LogP contribution in [-0.4, -0.2) is 63.0 Å². The van der Waals surface area contributed by atoms with Gasteiger partial charge in [-0.25, -0.2) is 4.79 Å². The number of fused-ring (bicyclic) bond motifs is 1. The highest BCUT2D eigenvalue weighted by atomic mass is 35.5. The van der Waals surface area contributed by atoms with Crippen LogP contribution in [0, 0.1) is 6.92 Å². The molecule has 2 aromatic carbocycles. The first kappa shape index (κ1) is 26.1. The predicted molar refractivity (Wildman–Crippen MR) is 146 cm³/mol. The Kier molecular flexibility index (Phi) is 7.84. The molecule has 3 aliphatic rings. The summed E-state index contributed by atoms with van der Waals surface area (Å²) in [6.45, 7) is 4.67. The van der Waals surface area contributed by atoms with Gasteiger partial charge in [-0.15, -0.1) is 0 Å². The Morgan fingerprint density at radius 3 is 2.59 bits per heavy atom. The van der Waals surface area contributed by atoms with Gasteiger partial charge in [0.1, 0.15) is 0 Å². The van der Waals surface area contributed by atoms with Crippen molar-refractivity contribution < 1.29 is 19.0 Å². The zero-order chi connectivity index (χ0) is 26.0. The summed E-state index contributed by atoms with van der Waals surface area (Å²) in [7, 11) is 3.37. The van der Waals surface area contributed by atoms with Gasteiger partial charge in [0.15, 0.2) is 11.5 Å². The lowest BCUT2D eigenvalue weighted by Gasteiger charge is -2.47. The molecule has 37 heavy (non-hydrogen) atoms. The highest BCUT2D eigenvalue weighted by Gasteiger charge is 2.53. The van der Waals surface area contributed by atoms with Crippen LogP contribution in [0.4, 0.5) is 10.5 Å². The van der Waals surface area contributed by atoms with Gasteiger partial charge >= 0.3 is 6.03 Å². The van der Waals surface area contributed by atoms with Crippen molar-refractivity contribution in [3.05, 3.63) is 52.5 Å². The monoisotopic (exact) mass is 527 g/mol. The molecule has 2 saturated heterocycles. The number of nitrogens with one attached hydrogen (secondary N) is 2. The summed E-state index contributed by atoms with van der Waals surface area (Å²) in [6.07, 6.45) is 6.07. The Hall–Kier alpha value is -2.48. The number of likely N-dealkylation sites (tertiary alicyclic amines) is 1. The van der Waals surface area contributed by atoms with Gasteiger partial charge in [0.2, 0.25) is 0 Å². The summed E-state index contributed by atoms with van der Waals surface area (Å²) >= 11 is 6.15. The predicted octanol–water partition coefficient (Wildman–Crippen LogP) is 5.53. The van der Waals surface area contributed by atoms with Crippen LogP contribution in [0.5, 0.6) is 11.5 Å². The molecule has 2 heterocycles. The molecule has 3 unspecified atom stereocenters. The van der Waals surface area contributed by atoms with Gasteiger partial charge in [0.05, 0.1) is 14.2 Å². The second-order valence-electron chi connectivity index (χ2n) is 10.6. The molecule has 200 valence electrons. The Bertz CT molecular complexity index is 1120. The average Bonchev–Trinajstić information content (AvgIpc) is 3.30. The quantitative estimate of drug-likeness (QED) is 0.516. The maximum atomic E-state index is 13.0. The lowest BCUT2D eigenvalue weighted by atomic mass is 9.65. The Balaban J connectivity index is 1.38. The smallest absolute Gasteiger partial charge is 0.319 e. The number of benzene rings is 2. The van der Waals surface area contributed by atoms with Crippen LogP contribution >= 0.6 is 11.6 Å². The van der Waals surface area contributed by atoms with E-state index in [1.54, 1.807) is 20.3 Å². The van der Waals surface area contributed by atoms with E-state index in [1.807, 2.05) is 25.1 Å². The van der Waals surface area contributed by atoms with Gasteiger partial charge in [-0.1, -0.05) is 23.7 Å². The summed E-state index contributed by atoms with van der Waals surface area (Å²) in [5.41, 5.74) is 3.06. The molecule has 5 rings (SSSR count). The third kappa shape index (κ3) is 5.27. The molecule has 3 atom stereocenters. The van der Waals surface area contributed by atoms with Crippen LogP contribution in [-0.2, 0) is 10.2 Å². The van der Waals surface area contributed by atoms with Gasteiger partial charge in [0.25, 0.3) is 0 Å². The first-order valence-electron chi connectivity index (χ1n) is 13.3. The molecule has 0 spiro atoms. The summed E-state index contributed by atoms with van der Waals surface area (Å²) in [5, 5.41) is 6.88. The maximum Gasteiger partial charge on any atom is 0.319 e. The van der Waals surface area contributed by atoms with Crippen molar-refractivity contribution in [3.63, 3.8) is 0 Å². The Labute approximate surface area is 224 Å². The fourth-order valence-electron chi connectivity index (χ4n) is 6.72. The van der Waals surface area contributed by atoms with Crippen molar-refractivity contribution in [2.45, 2.75) is 69.0 Å². The number of halogens is 1. The molecule has 1 saturated carbocycles. The van der Waals surface area contributed by atoms with E-state index < -0.39 is 0 Å². The van der Waals surface area contributed by atoms with Crippen molar-refractivity contribution in [2.75, 3.05) is 39.3 Å².